The van der Waals surface area contributed by atoms with Gasteiger partial charge in [0.1, 0.15) is 5.82 Å². The second-order valence-electron chi connectivity index (χ2n) is 4.39. The molecule has 0 bridgehead atoms. The van der Waals surface area contributed by atoms with E-state index in [0.717, 1.165) is 0 Å². The molecule has 22 heavy (non-hydrogen) atoms. The van der Waals surface area contributed by atoms with Crippen LogP contribution in [0.15, 0.2) is 11.0 Å². The van der Waals surface area contributed by atoms with Gasteiger partial charge in [-0.3, -0.25) is 9.36 Å². The summed E-state index contributed by atoms with van der Waals surface area (Å²) in [4.78, 5) is 37.3. The molecule has 0 saturated heterocycles. The van der Waals surface area contributed by atoms with Crippen LogP contribution in [0.2, 0.25) is 0 Å². The van der Waals surface area contributed by atoms with E-state index in [4.69, 9.17) is 22.3 Å². The maximum absolute atomic E-state index is 11.8. The summed E-state index contributed by atoms with van der Waals surface area (Å²) in [5.41, 5.74) is 16.3. The van der Waals surface area contributed by atoms with Gasteiger partial charge in [0, 0.05) is 19.2 Å². The normalized spacial score (nSPS) is 10.5. The van der Waals surface area contributed by atoms with Crippen LogP contribution in [0, 0.1) is 0 Å². The van der Waals surface area contributed by atoms with Crippen molar-refractivity contribution in [2.45, 2.75) is 19.4 Å². The summed E-state index contributed by atoms with van der Waals surface area (Å²) in [6.45, 7) is 0.168. The molecule has 0 fully saturated rings. The summed E-state index contributed by atoms with van der Waals surface area (Å²) in [7, 11) is 0. The van der Waals surface area contributed by atoms with Crippen molar-refractivity contribution in [2.75, 3.05) is 17.2 Å². The zero-order valence-electron chi connectivity index (χ0n) is 11.4. The first-order valence-electron chi connectivity index (χ1n) is 6.23. The summed E-state index contributed by atoms with van der Waals surface area (Å²) in [6.07, 6.45) is 1.58. The lowest BCUT2D eigenvalue weighted by atomic mass is 10.2. The van der Waals surface area contributed by atoms with Crippen molar-refractivity contribution in [1.29, 1.82) is 0 Å². The lowest BCUT2D eigenvalue weighted by Crippen LogP contribution is -2.25. The average Bonchev–Trinajstić information content (AvgIpc) is 2.39. The minimum absolute atomic E-state index is 0.0716. The minimum atomic E-state index is -0.949. The molecule has 0 aliphatic carbocycles. The van der Waals surface area contributed by atoms with Gasteiger partial charge >= 0.3 is 11.7 Å². The number of hydrogen-bond donors (Lipinski definition) is 4. The number of carboxylic acids is 1. The molecule has 0 aliphatic rings. The Balaban J connectivity index is 2.39. The molecule has 0 aromatic carbocycles. The highest BCUT2D eigenvalue weighted by atomic mass is 16.4. The third-order valence-corrected chi connectivity index (χ3v) is 2.72. The van der Waals surface area contributed by atoms with Gasteiger partial charge in [-0.1, -0.05) is 0 Å². The highest BCUT2D eigenvalue weighted by Gasteiger charge is 2.13. The fourth-order valence-corrected chi connectivity index (χ4v) is 1.77. The van der Waals surface area contributed by atoms with Crippen LogP contribution in [-0.4, -0.2) is 35.6 Å². The predicted octanol–water partition coefficient (Wildman–Crippen LogP) is -1.29. The molecular formula is C11H14N8O3. The van der Waals surface area contributed by atoms with Crippen molar-refractivity contribution >= 4 is 23.7 Å². The van der Waals surface area contributed by atoms with Crippen molar-refractivity contribution in [2.24, 2.45) is 0 Å². The number of nitrogens with zero attached hydrogens (tertiary/aromatic N) is 5. The van der Waals surface area contributed by atoms with Gasteiger partial charge in [-0.2, -0.15) is 19.9 Å². The van der Waals surface area contributed by atoms with E-state index in [1.807, 2.05) is 0 Å². The first-order valence-corrected chi connectivity index (χ1v) is 6.23. The molecule has 11 heteroatoms. The second-order valence-corrected chi connectivity index (χ2v) is 4.39. The summed E-state index contributed by atoms with van der Waals surface area (Å²) in [6, 6.07) is 0. The minimum Gasteiger partial charge on any atom is -0.481 e. The Bertz CT molecular complexity index is 752. The summed E-state index contributed by atoms with van der Waals surface area (Å²) in [5, 5.41) is 8.62. The van der Waals surface area contributed by atoms with Crippen LogP contribution in [0.4, 0.5) is 17.7 Å². The fourth-order valence-electron chi connectivity index (χ4n) is 1.77. The molecule has 0 radical (unpaired) electrons. The maximum atomic E-state index is 11.8. The third kappa shape index (κ3) is 3.45. The molecule has 0 spiro atoms. The van der Waals surface area contributed by atoms with Crippen molar-refractivity contribution in [1.82, 2.24) is 24.5 Å². The highest BCUT2D eigenvalue weighted by molar-refractivity contribution is 5.68. The Hall–Kier alpha value is -3.24. The van der Waals surface area contributed by atoms with Gasteiger partial charge in [0.2, 0.25) is 11.9 Å². The summed E-state index contributed by atoms with van der Waals surface area (Å²) >= 11 is 0. The SMILES string of the molecule is Nc1nc(N)nc(-c2cn(CCCC(=O)O)c(=O)nc2N)n1. The Morgan fingerprint density at radius 3 is 2.36 bits per heavy atom. The van der Waals surface area contributed by atoms with Gasteiger partial charge in [-0.15, -0.1) is 0 Å². The van der Waals surface area contributed by atoms with E-state index in [2.05, 4.69) is 19.9 Å². The molecule has 2 rings (SSSR count). The van der Waals surface area contributed by atoms with Gasteiger partial charge in [0.25, 0.3) is 0 Å². The molecule has 2 heterocycles. The summed E-state index contributed by atoms with van der Waals surface area (Å²) < 4.78 is 1.23. The van der Waals surface area contributed by atoms with Gasteiger partial charge in [-0.05, 0) is 6.42 Å². The number of nitrogens with two attached hydrogens (primary N) is 3. The first kappa shape index (κ1) is 15.2. The van der Waals surface area contributed by atoms with Crippen LogP contribution in [-0.2, 0) is 11.3 Å². The number of aryl methyl sites for hydroxylation is 1. The van der Waals surface area contributed by atoms with E-state index in [1.54, 1.807) is 0 Å². The number of nitrogen functional groups attached to an aromatic ring is 3. The lowest BCUT2D eigenvalue weighted by molar-refractivity contribution is -0.137. The number of aromatic nitrogens is 5. The molecule has 11 nitrogen and oxygen atoms in total. The van der Waals surface area contributed by atoms with E-state index in [-0.39, 0.29) is 48.5 Å². The fraction of sp³-hybridized carbons (Fsp3) is 0.273. The van der Waals surface area contributed by atoms with Crippen LogP contribution in [0.5, 0.6) is 0 Å². The van der Waals surface area contributed by atoms with Gasteiger partial charge in [0.15, 0.2) is 5.82 Å². The maximum Gasteiger partial charge on any atom is 0.349 e. The third-order valence-electron chi connectivity index (χ3n) is 2.72. The van der Waals surface area contributed by atoms with E-state index in [9.17, 15) is 9.59 Å². The monoisotopic (exact) mass is 306 g/mol. The quantitative estimate of drug-likeness (QED) is 0.516. The molecule has 0 atom stereocenters. The van der Waals surface area contributed by atoms with Crippen LogP contribution in [0.3, 0.4) is 0 Å². The predicted molar refractivity (Wildman–Crippen MR) is 77.4 cm³/mol. The largest absolute Gasteiger partial charge is 0.481 e. The number of aliphatic carboxylic acids is 1. The molecule has 0 unspecified atom stereocenters. The smallest absolute Gasteiger partial charge is 0.349 e. The number of hydrogen-bond acceptors (Lipinski definition) is 9. The summed E-state index contributed by atoms with van der Waals surface area (Å²) in [5.74, 6) is -1.13. The standard InChI is InChI=1S/C11H14N8O3/c12-7-5(8-16-9(13)18-10(14)17-8)4-19(11(22)15-7)3-1-2-6(20)21/h4H,1-3H2,(H,20,21)(H2,12,15,22)(H4,13,14,16,17,18). The molecule has 0 amide bonds. The van der Waals surface area contributed by atoms with Crippen LogP contribution < -0.4 is 22.9 Å². The lowest BCUT2D eigenvalue weighted by Gasteiger charge is -2.09. The molecule has 7 N–H and O–H groups in total. The van der Waals surface area contributed by atoms with Crippen molar-refractivity contribution in [3.8, 4) is 11.4 Å². The van der Waals surface area contributed by atoms with Gasteiger partial charge in [0.05, 0.1) is 5.56 Å². The van der Waals surface area contributed by atoms with Crippen molar-refractivity contribution < 1.29 is 9.90 Å². The second kappa shape index (κ2) is 6.03. The Kier molecular flexibility index (Phi) is 4.15. The molecule has 2 aromatic heterocycles. The van der Waals surface area contributed by atoms with Crippen LogP contribution >= 0.6 is 0 Å². The first-order chi connectivity index (χ1) is 10.4. The molecular weight excluding hydrogens is 292 g/mol. The zero-order chi connectivity index (χ0) is 16.3. The average molecular weight is 306 g/mol. The van der Waals surface area contributed by atoms with Crippen LogP contribution in [0.25, 0.3) is 11.4 Å². The van der Waals surface area contributed by atoms with Gasteiger partial charge in [-0.25, -0.2) is 4.79 Å². The topological polar surface area (TPSA) is 189 Å². The Labute approximate surface area is 123 Å². The molecule has 0 saturated carbocycles. The van der Waals surface area contributed by atoms with E-state index >= 15 is 0 Å². The van der Waals surface area contributed by atoms with Crippen LogP contribution in [0.1, 0.15) is 12.8 Å². The molecule has 2 aromatic rings. The Morgan fingerprint density at radius 2 is 1.77 bits per heavy atom. The number of carbonyl (C=O) groups is 1. The van der Waals surface area contributed by atoms with Crippen molar-refractivity contribution in [3.05, 3.63) is 16.7 Å². The van der Waals surface area contributed by atoms with E-state index in [0.29, 0.717) is 0 Å². The van der Waals surface area contributed by atoms with Gasteiger partial charge < -0.3 is 22.3 Å². The Morgan fingerprint density at radius 1 is 1.14 bits per heavy atom. The highest BCUT2D eigenvalue weighted by Crippen LogP contribution is 2.20. The molecule has 0 aliphatic heterocycles. The van der Waals surface area contributed by atoms with Crippen molar-refractivity contribution in [3.63, 3.8) is 0 Å². The number of carboxylic acid groups (broad SMARTS) is 1. The van der Waals surface area contributed by atoms with E-state index in [1.165, 1.54) is 10.8 Å². The zero-order valence-corrected chi connectivity index (χ0v) is 11.4. The molecule has 116 valence electrons. The number of anilines is 3. The van der Waals surface area contributed by atoms with E-state index < -0.39 is 11.7 Å². The number of rotatable bonds is 5.